The van der Waals surface area contributed by atoms with Gasteiger partial charge in [0.15, 0.2) is 11.5 Å². The maximum atomic E-state index is 13.4. The van der Waals surface area contributed by atoms with E-state index in [0.29, 0.717) is 11.4 Å². The average molecular weight is 595 g/mol. The lowest BCUT2D eigenvalue weighted by atomic mass is 10.2. The van der Waals surface area contributed by atoms with Gasteiger partial charge in [-0.1, -0.05) is 36.4 Å². The highest BCUT2D eigenvalue weighted by atomic mass is 16.7. The number of nitro groups is 2. The van der Waals surface area contributed by atoms with E-state index < -0.39 is 33.4 Å². The largest absolute Gasteiger partial charge is 0.433 e. The van der Waals surface area contributed by atoms with Crippen molar-refractivity contribution in [1.82, 2.24) is 30.4 Å². The Morgan fingerprint density at radius 3 is 1.34 bits per heavy atom. The normalized spacial score (nSPS) is 10.8. The summed E-state index contributed by atoms with van der Waals surface area (Å²) in [7, 11) is 0. The molecule has 4 aromatic heterocycles. The van der Waals surface area contributed by atoms with Gasteiger partial charge in [-0.15, -0.1) is 0 Å². The van der Waals surface area contributed by atoms with Crippen LogP contribution in [0.5, 0.6) is 0 Å². The molecule has 0 bridgehead atoms. The first-order valence-corrected chi connectivity index (χ1v) is 12.7. The van der Waals surface area contributed by atoms with E-state index in [4.69, 9.17) is 8.83 Å². The number of hydrogen-bond donors (Lipinski definition) is 2. The Labute approximate surface area is 245 Å². The monoisotopic (exact) mass is 594 g/mol. The van der Waals surface area contributed by atoms with Gasteiger partial charge >= 0.3 is 11.8 Å². The number of nitrogens with zero attached hydrogens (tertiary/aromatic N) is 6. The summed E-state index contributed by atoms with van der Waals surface area (Å²) in [5, 5.41) is 31.1. The fourth-order valence-corrected chi connectivity index (χ4v) is 4.22. The summed E-state index contributed by atoms with van der Waals surface area (Å²) in [6.07, 6.45) is 2.75. The Morgan fingerprint density at radius 2 is 1.00 bits per heavy atom. The second-order valence-corrected chi connectivity index (χ2v) is 9.04. The van der Waals surface area contributed by atoms with E-state index in [1.807, 2.05) is 0 Å². The molecule has 2 aromatic carbocycles. The summed E-state index contributed by atoms with van der Waals surface area (Å²) in [5.41, 5.74) is 5.62. The number of carbonyl (C=O) groups excluding carboxylic acids is 2. The number of rotatable bonds is 8. The van der Waals surface area contributed by atoms with Crippen molar-refractivity contribution in [2.24, 2.45) is 0 Å². The Morgan fingerprint density at radius 1 is 0.614 bits per heavy atom. The lowest BCUT2D eigenvalue weighted by molar-refractivity contribution is -0.402. The van der Waals surface area contributed by atoms with Gasteiger partial charge in [0.05, 0.1) is 34.6 Å². The summed E-state index contributed by atoms with van der Waals surface area (Å²) in [6.45, 7) is 0. The van der Waals surface area contributed by atoms with Gasteiger partial charge < -0.3 is 8.83 Å². The summed E-state index contributed by atoms with van der Waals surface area (Å²) in [5.74, 6) is -2.83. The van der Waals surface area contributed by atoms with Crippen molar-refractivity contribution < 1.29 is 28.3 Å². The third kappa shape index (κ3) is 5.28. The number of furan rings is 2. The Hall–Kier alpha value is -6.84. The maximum absolute atomic E-state index is 13.4. The van der Waals surface area contributed by atoms with Gasteiger partial charge in [-0.25, -0.2) is 9.36 Å². The van der Waals surface area contributed by atoms with Crippen molar-refractivity contribution in [3.05, 3.63) is 129 Å². The maximum Gasteiger partial charge on any atom is 0.433 e. The van der Waals surface area contributed by atoms with Crippen LogP contribution in [0, 0.1) is 20.2 Å². The van der Waals surface area contributed by atoms with Crippen molar-refractivity contribution >= 4 is 23.6 Å². The topological polar surface area (TPSA) is 206 Å². The molecule has 6 aromatic rings. The second kappa shape index (κ2) is 11.2. The van der Waals surface area contributed by atoms with E-state index in [9.17, 15) is 29.8 Å². The van der Waals surface area contributed by atoms with E-state index in [2.05, 4.69) is 21.0 Å². The van der Waals surface area contributed by atoms with Gasteiger partial charge in [0.25, 0.3) is 11.8 Å². The molecule has 0 radical (unpaired) electrons. The standard InChI is InChI=1S/C28H18N8O8/c37-27(19-15-33(17-7-3-1-4-8-17)31-25(19)21-11-13-23(43-21)35(39)40)29-30-28(38)20-16-34(18-9-5-2-6-10-18)32-26(20)22-12-14-24(44-22)36(41)42/h1-16H,(H,29,37)(H,30,38). The molecule has 0 saturated carbocycles. The van der Waals surface area contributed by atoms with Crippen molar-refractivity contribution in [1.29, 1.82) is 0 Å². The molecule has 6 rings (SSSR count). The zero-order valence-electron chi connectivity index (χ0n) is 22.2. The lowest BCUT2D eigenvalue weighted by Gasteiger charge is -2.06. The highest BCUT2D eigenvalue weighted by Crippen LogP contribution is 2.30. The number of benzene rings is 2. The van der Waals surface area contributed by atoms with Crippen molar-refractivity contribution in [3.63, 3.8) is 0 Å². The molecule has 16 heteroatoms. The number of hydrogen-bond acceptors (Lipinski definition) is 10. The first kappa shape index (κ1) is 27.3. The Bertz CT molecular complexity index is 1880. The van der Waals surface area contributed by atoms with Gasteiger partial charge in [-0.3, -0.25) is 40.7 Å². The van der Waals surface area contributed by atoms with Crippen molar-refractivity contribution in [3.8, 4) is 34.3 Å². The molecule has 44 heavy (non-hydrogen) atoms. The Balaban J connectivity index is 1.31. The predicted octanol–water partition coefficient (Wildman–Crippen LogP) is 4.47. The molecule has 2 N–H and O–H groups in total. The molecular formula is C28H18N8O8. The molecule has 0 unspecified atom stereocenters. The van der Waals surface area contributed by atoms with Crippen LogP contribution in [-0.2, 0) is 0 Å². The fraction of sp³-hybridized carbons (Fsp3) is 0. The van der Waals surface area contributed by atoms with E-state index in [-0.39, 0.29) is 34.0 Å². The number of carbonyl (C=O) groups is 2. The third-order valence-electron chi connectivity index (χ3n) is 6.26. The van der Waals surface area contributed by atoms with Crippen LogP contribution in [0.1, 0.15) is 20.7 Å². The highest BCUT2D eigenvalue weighted by Gasteiger charge is 2.26. The number of para-hydroxylation sites is 2. The molecule has 0 aliphatic heterocycles. The van der Waals surface area contributed by atoms with E-state index in [0.717, 1.165) is 12.1 Å². The summed E-state index contributed by atoms with van der Waals surface area (Å²) >= 11 is 0. The number of aromatic nitrogens is 4. The van der Waals surface area contributed by atoms with Crippen LogP contribution in [0.2, 0.25) is 0 Å². The Kier molecular flexibility index (Phi) is 6.96. The van der Waals surface area contributed by atoms with Gasteiger partial charge in [0, 0.05) is 12.4 Å². The smallest absolute Gasteiger partial charge is 0.399 e. The average Bonchev–Trinajstić information content (AvgIpc) is 3.85. The predicted molar refractivity (Wildman–Crippen MR) is 151 cm³/mol. The minimum Gasteiger partial charge on any atom is -0.399 e. The van der Waals surface area contributed by atoms with Crippen LogP contribution in [-0.4, -0.2) is 41.2 Å². The SMILES string of the molecule is O=C(NNC(=O)c1cn(-c2ccccc2)nc1-c1ccc([N+](=O)[O-])o1)c1cn(-c2ccccc2)nc1-c1ccc([N+](=O)[O-])o1. The molecule has 0 fully saturated rings. The lowest BCUT2D eigenvalue weighted by Crippen LogP contribution is -2.41. The molecule has 16 nitrogen and oxygen atoms in total. The summed E-state index contributed by atoms with van der Waals surface area (Å²) in [4.78, 5) is 47.6. The molecule has 218 valence electrons. The molecule has 0 aliphatic carbocycles. The van der Waals surface area contributed by atoms with Crippen LogP contribution in [0.25, 0.3) is 34.3 Å². The molecule has 0 spiro atoms. The number of nitrogens with one attached hydrogen (secondary N) is 2. The van der Waals surface area contributed by atoms with E-state index in [1.54, 1.807) is 60.7 Å². The first-order valence-electron chi connectivity index (χ1n) is 12.7. The molecule has 0 saturated heterocycles. The molecule has 4 heterocycles. The fourth-order valence-electron chi connectivity index (χ4n) is 4.22. The van der Waals surface area contributed by atoms with E-state index in [1.165, 1.54) is 33.9 Å². The van der Waals surface area contributed by atoms with Gasteiger partial charge in [0.1, 0.15) is 21.2 Å². The van der Waals surface area contributed by atoms with Crippen LogP contribution in [0.3, 0.4) is 0 Å². The minimum atomic E-state index is -0.819. The zero-order valence-corrected chi connectivity index (χ0v) is 22.2. The summed E-state index contributed by atoms with van der Waals surface area (Å²) in [6, 6.07) is 22.4. The number of hydrazine groups is 1. The zero-order chi connectivity index (χ0) is 30.8. The quantitative estimate of drug-likeness (QED) is 0.187. The minimum absolute atomic E-state index is 0.0193. The van der Waals surface area contributed by atoms with Gasteiger partial charge in [-0.2, -0.15) is 10.2 Å². The number of amides is 2. The van der Waals surface area contributed by atoms with Gasteiger partial charge in [0.2, 0.25) is 0 Å². The van der Waals surface area contributed by atoms with E-state index >= 15 is 0 Å². The highest BCUT2D eigenvalue weighted by molar-refractivity contribution is 6.03. The van der Waals surface area contributed by atoms with Crippen LogP contribution >= 0.6 is 0 Å². The molecule has 0 aliphatic rings. The van der Waals surface area contributed by atoms with Crippen molar-refractivity contribution in [2.45, 2.75) is 0 Å². The third-order valence-corrected chi connectivity index (χ3v) is 6.26. The van der Waals surface area contributed by atoms with Crippen LogP contribution < -0.4 is 10.9 Å². The molecular weight excluding hydrogens is 576 g/mol. The van der Waals surface area contributed by atoms with Crippen LogP contribution in [0.15, 0.2) is 106 Å². The second-order valence-electron chi connectivity index (χ2n) is 9.04. The molecule has 0 atom stereocenters. The summed E-state index contributed by atoms with van der Waals surface area (Å²) < 4.78 is 13.3. The molecule has 2 amide bonds. The van der Waals surface area contributed by atoms with Gasteiger partial charge in [-0.05, 0) is 36.4 Å². The van der Waals surface area contributed by atoms with Crippen molar-refractivity contribution in [2.75, 3.05) is 0 Å². The first-order chi connectivity index (χ1) is 21.3. The van der Waals surface area contributed by atoms with Crippen LogP contribution in [0.4, 0.5) is 11.8 Å².